The molecular formula is C17H12ClF3N4O. The van der Waals surface area contributed by atoms with Gasteiger partial charge >= 0.3 is 6.18 Å². The van der Waals surface area contributed by atoms with Gasteiger partial charge < -0.3 is 5.32 Å². The lowest BCUT2D eigenvalue weighted by Gasteiger charge is -2.07. The van der Waals surface area contributed by atoms with Crippen molar-refractivity contribution in [3.63, 3.8) is 0 Å². The first-order valence-electron chi connectivity index (χ1n) is 7.45. The molecule has 26 heavy (non-hydrogen) atoms. The highest BCUT2D eigenvalue weighted by atomic mass is 35.5. The second-order valence-electron chi connectivity index (χ2n) is 5.37. The van der Waals surface area contributed by atoms with Gasteiger partial charge in [0.05, 0.1) is 12.1 Å². The zero-order valence-electron chi connectivity index (χ0n) is 13.2. The van der Waals surface area contributed by atoms with E-state index in [4.69, 9.17) is 11.6 Å². The van der Waals surface area contributed by atoms with Crippen LogP contribution in [0.15, 0.2) is 48.7 Å². The number of hydrogen-bond acceptors (Lipinski definition) is 3. The van der Waals surface area contributed by atoms with Gasteiger partial charge in [-0.25, -0.2) is 0 Å². The average Bonchev–Trinajstić information content (AvgIpc) is 3.00. The number of rotatable bonds is 4. The number of nitrogens with zero attached hydrogens (tertiary/aromatic N) is 3. The quantitative estimate of drug-likeness (QED) is 0.702. The fraction of sp³-hybridized carbons (Fsp3) is 0.118. The normalized spacial score (nSPS) is 12.0. The van der Waals surface area contributed by atoms with Gasteiger partial charge in [-0.05, 0) is 35.9 Å². The minimum atomic E-state index is -4.47. The Labute approximate surface area is 151 Å². The molecule has 0 aliphatic rings. The molecule has 0 fully saturated rings. The van der Waals surface area contributed by atoms with Crippen molar-refractivity contribution in [3.8, 4) is 0 Å². The van der Waals surface area contributed by atoms with Crippen molar-refractivity contribution in [3.05, 3.63) is 70.6 Å². The summed E-state index contributed by atoms with van der Waals surface area (Å²) in [5.74, 6) is -0.232. The molecule has 1 aromatic carbocycles. The van der Waals surface area contributed by atoms with Crippen LogP contribution >= 0.6 is 11.6 Å². The maximum Gasteiger partial charge on any atom is 0.417 e. The van der Waals surface area contributed by atoms with E-state index in [0.717, 1.165) is 17.8 Å². The Morgan fingerprint density at radius 1 is 1.23 bits per heavy atom. The number of nitrogens with one attached hydrogen (secondary N) is 1. The third-order valence-electron chi connectivity index (χ3n) is 3.50. The molecule has 0 saturated carbocycles. The lowest BCUT2D eigenvalue weighted by molar-refractivity contribution is -0.137. The average molecular weight is 381 g/mol. The van der Waals surface area contributed by atoms with Crippen LogP contribution in [0.25, 0.3) is 11.7 Å². The Kier molecular flexibility index (Phi) is 4.94. The molecule has 0 aliphatic heterocycles. The van der Waals surface area contributed by atoms with E-state index in [1.54, 1.807) is 30.3 Å². The number of hydrogen-bond donors (Lipinski definition) is 1. The molecule has 0 radical (unpaired) electrons. The summed E-state index contributed by atoms with van der Waals surface area (Å²) in [4.78, 5) is 11.9. The zero-order valence-corrected chi connectivity index (χ0v) is 13.9. The second kappa shape index (κ2) is 7.17. The first kappa shape index (κ1) is 17.9. The van der Waals surface area contributed by atoms with Crippen LogP contribution in [-0.4, -0.2) is 20.5 Å². The van der Waals surface area contributed by atoms with E-state index in [2.05, 4.69) is 15.5 Å². The summed E-state index contributed by atoms with van der Waals surface area (Å²) in [5.41, 5.74) is 0.186. The van der Waals surface area contributed by atoms with Crippen molar-refractivity contribution >= 4 is 29.2 Å². The first-order valence-corrected chi connectivity index (χ1v) is 7.83. The lowest BCUT2D eigenvalue weighted by atomic mass is 10.2. The minimum absolute atomic E-state index is 0.0683. The van der Waals surface area contributed by atoms with Gasteiger partial charge in [0.25, 0.3) is 0 Å². The van der Waals surface area contributed by atoms with Crippen molar-refractivity contribution < 1.29 is 18.0 Å². The van der Waals surface area contributed by atoms with Crippen LogP contribution in [0.2, 0.25) is 5.02 Å². The third kappa shape index (κ3) is 4.20. The largest absolute Gasteiger partial charge is 0.417 e. The Morgan fingerprint density at radius 3 is 2.77 bits per heavy atom. The Balaban J connectivity index is 1.70. The van der Waals surface area contributed by atoms with Gasteiger partial charge in [-0.2, -0.15) is 13.2 Å². The molecule has 134 valence electrons. The SMILES string of the molecule is O=C(/C=C/c1cccc(Cl)c1)NCc1nnc2ccc(C(F)(F)F)cn12. The van der Waals surface area contributed by atoms with Crippen LogP contribution in [0.5, 0.6) is 0 Å². The molecule has 9 heteroatoms. The van der Waals surface area contributed by atoms with E-state index >= 15 is 0 Å². The van der Waals surface area contributed by atoms with Gasteiger partial charge in [-0.15, -0.1) is 10.2 Å². The fourth-order valence-electron chi connectivity index (χ4n) is 2.23. The number of alkyl halides is 3. The smallest absolute Gasteiger partial charge is 0.345 e. The van der Waals surface area contributed by atoms with Crippen molar-refractivity contribution in [2.24, 2.45) is 0 Å². The summed E-state index contributed by atoms with van der Waals surface area (Å²) in [7, 11) is 0. The highest BCUT2D eigenvalue weighted by Gasteiger charge is 2.31. The molecule has 0 spiro atoms. The molecule has 5 nitrogen and oxygen atoms in total. The predicted octanol–water partition coefficient (Wildman–Crippen LogP) is 3.73. The highest BCUT2D eigenvalue weighted by Crippen LogP contribution is 2.29. The van der Waals surface area contributed by atoms with E-state index in [9.17, 15) is 18.0 Å². The summed E-state index contributed by atoms with van der Waals surface area (Å²) >= 11 is 5.86. The molecule has 0 aliphatic carbocycles. The third-order valence-corrected chi connectivity index (χ3v) is 3.73. The van der Waals surface area contributed by atoms with Crippen LogP contribution < -0.4 is 5.32 Å². The standard InChI is InChI=1S/C17H12ClF3N4O/c18-13-3-1-2-11(8-13)4-7-16(26)22-9-15-24-23-14-6-5-12(10-25(14)15)17(19,20)21/h1-8,10H,9H2,(H,22,26)/b7-4+. The maximum absolute atomic E-state index is 12.8. The van der Waals surface area contributed by atoms with Gasteiger partial charge in [-0.3, -0.25) is 9.20 Å². The van der Waals surface area contributed by atoms with Crippen molar-refractivity contribution in [1.29, 1.82) is 0 Å². The molecular weight excluding hydrogens is 369 g/mol. The number of fused-ring (bicyclic) bond motifs is 1. The summed E-state index contributed by atoms with van der Waals surface area (Å²) in [5, 5.41) is 10.7. The predicted molar refractivity (Wildman–Crippen MR) is 90.3 cm³/mol. The first-order chi connectivity index (χ1) is 12.3. The number of benzene rings is 1. The van der Waals surface area contributed by atoms with Crippen molar-refractivity contribution in [1.82, 2.24) is 19.9 Å². The van der Waals surface area contributed by atoms with Crippen LogP contribution in [0.3, 0.4) is 0 Å². The molecule has 1 amide bonds. The number of amides is 1. The highest BCUT2D eigenvalue weighted by molar-refractivity contribution is 6.30. The Bertz CT molecular complexity index is 982. The van der Waals surface area contributed by atoms with Gasteiger partial charge in [0.2, 0.25) is 5.91 Å². The molecule has 0 unspecified atom stereocenters. The minimum Gasteiger partial charge on any atom is -0.345 e. The second-order valence-corrected chi connectivity index (χ2v) is 5.80. The number of aromatic nitrogens is 3. The van der Waals surface area contributed by atoms with Crippen LogP contribution in [0.1, 0.15) is 17.0 Å². The molecule has 0 saturated heterocycles. The van der Waals surface area contributed by atoms with Crippen LogP contribution in [-0.2, 0) is 17.5 Å². The molecule has 3 aromatic rings. The van der Waals surface area contributed by atoms with Gasteiger partial charge in [0.1, 0.15) is 0 Å². The fourth-order valence-corrected chi connectivity index (χ4v) is 2.43. The number of carbonyl (C=O) groups is 1. The summed E-state index contributed by atoms with van der Waals surface area (Å²) in [6.07, 6.45) is -0.696. The Morgan fingerprint density at radius 2 is 2.04 bits per heavy atom. The molecule has 0 atom stereocenters. The summed E-state index contributed by atoms with van der Waals surface area (Å²) < 4.78 is 39.6. The van der Waals surface area contributed by atoms with Gasteiger partial charge in [-0.1, -0.05) is 23.7 Å². The van der Waals surface area contributed by atoms with Gasteiger partial charge in [0, 0.05) is 17.3 Å². The van der Waals surface area contributed by atoms with Crippen LogP contribution in [0, 0.1) is 0 Å². The molecule has 3 rings (SSSR count). The summed E-state index contributed by atoms with van der Waals surface area (Å²) in [6.45, 7) is -0.0683. The molecule has 0 bridgehead atoms. The van der Waals surface area contributed by atoms with E-state index in [0.29, 0.717) is 5.02 Å². The van der Waals surface area contributed by atoms with E-state index in [1.807, 2.05) is 0 Å². The Hall–Kier alpha value is -2.87. The molecule has 2 heterocycles. The van der Waals surface area contributed by atoms with E-state index < -0.39 is 17.6 Å². The number of carbonyl (C=O) groups excluding carboxylic acids is 1. The van der Waals surface area contributed by atoms with Crippen molar-refractivity contribution in [2.75, 3.05) is 0 Å². The number of halogens is 4. The van der Waals surface area contributed by atoms with E-state index in [1.165, 1.54) is 16.5 Å². The zero-order chi connectivity index (χ0) is 18.7. The van der Waals surface area contributed by atoms with E-state index in [-0.39, 0.29) is 18.0 Å². The van der Waals surface area contributed by atoms with Crippen molar-refractivity contribution in [2.45, 2.75) is 12.7 Å². The maximum atomic E-state index is 12.8. The molecule has 2 aromatic heterocycles. The van der Waals surface area contributed by atoms with Gasteiger partial charge in [0.15, 0.2) is 11.5 Å². The monoisotopic (exact) mass is 380 g/mol. The molecule has 1 N–H and O–H groups in total. The summed E-state index contributed by atoms with van der Waals surface area (Å²) in [6, 6.07) is 9.09. The van der Waals surface area contributed by atoms with Crippen LogP contribution in [0.4, 0.5) is 13.2 Å². The topological polar surface area (TPSA) is 59.3 Å². The number of pyridine rings is 1. The lowest BCUT2D eigenvalue weighted by Crippen LogP contribution is -2.21.